The first-order valence-corrected chi connectivity index (χ1v) is 6.49. The number of aromatic nitrogens is 1. The van der Waals surface area contributed by atoms with Crippen LogP contribution in [0.4, 0.5) is 5.82 Å². The Balaban J connectivity index is 2.02. The van der Waals surface area contributed by atoms with Crippen LogP contribution in [0.5, 0.6) is 0 Å². The molecule has 3 nitrogen and oxygen atoms in total. The Kier molecular flexibility index (Phi) is 3.82. The first-order valence-electron chi connectivity index (χ1n) is 5.70. The number of hydrogen-bond acceptors (Lipinski definition) is 3. The van der Waals surface area contributed by atoms with Gasteiger partial charge in [0.2, 0.25) is 0 Å². The van der Waals surface area contributed by atoms with Crippen LogP contribution in [0.25, 0.3) is 0 Å². The molecular weight excluding hydrogens is 266 g/mol. The summed E-state index contributed by atoms with van der Waals surface area (Å²) < 4.78 is 1.10. The zero-order valence-electron chi connectivity index (χ0n) is 9.86. The third-order valence-electron chi connectivity index (χ3n) is 3.23. The molecule has 1 aliphatic rings. The summed E-state index contributed by atoms with van der Waals surface area (Å²) in [5.41, 5.74) is 0. The summed E-state index contributed by atoms with van der Waals surface area (Å²) in [4.78, 5) is 9.13. The summed E-state index contributed by atoms with van der Waals surface area (Å²) >= 11 is 3.56. The normalized spacial score (nSPS) is 18.1. The maximum Gasteiger partial charge on any atom is 0.142 e. The molecule has 2 rings (SSSR count). The predicted octanol–water partition coefficient (Wildman–Crippen LogP) is 2.37. The molecule has 0 saturated carbocycles. The minimum Gasteiger partial charge on any atom is -0.356 e. The fourth-order valence-electron chi connectivity index (χ4n) is 2.20. The summed E-state index contributed by atoms with van der Waals surface area (Å²) in [5.74, 6) is 1.08. The van der Waals surface area contributed by atoms with Crippen LogP contribution in [-0.4, -0.2) is 43.1 Å². The zero-order chi connectivity index (χ0) is 11.5. The summed E-state index contributed by atoms with van der Waals surface area (Å²) in [7, 11) is 4.33. The quantitative estimate of drug-likeness (QED) is 0.831. The number of halogens is 1. The molecule has 0 aromatic carbocycles. The highest BCUT2D eigenvalue weighted by atomic mass is 79.9. The van der Waals surface area contributed by atoms with E-state index < -0.39 is 0 Å². The monoisotopic (exact) mass is 283 g/mol. The van der Waals surface area contributed by atoms with Gasteiger partial charge >= 0.3 is 0 Å². The fourth-order valence-corrected chi connectivity index (χ4v) is 2.71. The van der Waals surface area contributed by atoms with Crippen LogP contribution < -0.4 is 4.90 Å². The van der Waals surface area contributed by atoms with Crippen molar-refractivity contribution in [3.8, 4) is 0 Å². The number of pyridine rings is 1. The Labute approximate surface area is 106 Å². The van der Waals surface area contributed by atoms with Crippen molar-refractivity contribution in [1.82, 2.24) is 9.88 Å². The number of piperidine rings is 1. The Morgan fingerprint density at radius 3 is 2.62 bits per heavy atom. The molecule has 1 fully saturated rings. The van der Waals surface area contributed by atoms with Crippen LogP contribution in [0, 0.1) is 0 Å². The fraction of sp³-hybridized carbons (Fsp3) is 0.583. The molecule has 0 unspecified atom stereocenters. The highest BCUT2D eigenvalue weighted by Gasteiger charge is 2.22. The van der Waals surface area contributed by atoms with Crippen molar-refractivity contribution in [2.75, 3.05) is 32.1 Å². The van der Waals surface area contributed by atoms with Crippen LogP contribution in [0.1, 0.15) is 12.8 Å². The van der Waals surface area contributed by atoms with Crippen LogP contribution in [0.3, 0.4) is 0 Å². The number of rotatable bonds is 2. The standard InChI is InChI=1S/C12H18BrN3/c1-15(2)10-5-8-16(9-6-10)12-11(13)4-3-7-14-12/h3-4,7,10H,5-6,8-9H2,1-2H3. The summed E-state index contributed by atoms with van der Waals surface area (Å²) in [6.45, 7) is 2.19. The zero-order valence-corrected chi connectivity index (χ0v) is 11.4. The van der Waals surface area contributed by atoms with E-state index in [1.807, 2.05) is 12.3 Å². The van der Waals surface area contributed by atoms with Gasteiger partial charge in [0.1, 0.15) is 5.82 Å². The molecule has 0 amide bonds. The number of hydrogen-bond donors (Lipinski definition) is 0. The van der Waals surface area contributed by atoms with E-state index >= 15 is 0 Å². The SMILES string of the molecule is CN(C)C1CCN(c2ncccc2Br)CC1. The van der Waals surface area contributed by atoms with Crippen molar-refractivity contribution in [3.05, 3.63) is 22.8 Å². The van der Waals surface area contributed by atoms with Crippen LogP contribution >= 0.6 is 15.9 Å². The second-order valence-electron chi connectivity index (χ2n) is 4.49. The lowest BCUT2D eigenvalue weighted by Gasteiger charge is -2.36. The molecule has 0 spiro atoms. The van der Waals surface area contributed by atoms with E-state index in [0.717, 1.165) is 29.4 Å². The van der Waals surface area contributed by atoms with E-state index in [-0.39, 0.29) is 0 Å². The molecule has 88 valence electrons. The summed E-state index contributed by atoms with van der Waals surface area (Å²) in [6, 6.07) is 4.74. The van der Waals surface area contributed by atoms with Crippen LogP contribution in [-0.2, 0) is 0 Å². The van der Waals surface area contributed by atoms with Crippen molar-refractivity contribution in [2.45, 2.75) is 18.9 Å². The van der Waals surface area contributed by atoms with Gasteiger partial charge in [-0.2, -0.15) is 0 Å². The van der Waals surface area contributed by atoms with Crippen molar-refractivity contribution >= 4 is 21.7 Å². The first kappa shape index (κ1) is 11.9. The molecule has 0 radical (unpaired) electrons. The third-order valence-corrected chi connectivity index (χ3v) is 3.85. The molecule has 2 heterocycles. The van der Waals surface area contributed by atoms with Gasteiger partial charge in [-0.3, -0.25) is 0 Å². The van der Waals surface area contributed by atoms with Crippen molar-refractivity contribution < 1.29 is 0 Å². The largest absolute Gasteiger partial charge is 0.356 e. The summed E-state index contributed by atoms with van der Waals surface area (Å²) in [6.07, 6.45) is 4.30. The molecular formula is C12H18BrN3. The Hall–Kier alpha value is -0.610. The van der Waals surface area contributed by atoms with Crippen LogP contribution in [0.15, 0.2) is 22.8 Å². The first-order chi connectivity index (χ1) is 7.68. The third kappa shape index (κ3) is 2.55. The minimum absolute atomic E-state index is 0.721. The van der Waals surface area contributed by atoms with Gasteiger partial charge in [0.25, 0.3) is 0 Å². The smallest absolute Gasteiger partial charge is 0.142 e. The maximum absolute atomic E-state index is 4.44. The molecule has 4 heteroatoms. The Morgan fingerprint density at radius 2 is 2.06 bits per heavy atom. The van der Waals surface area contributed by atoms with Gasteiger partial charge in [-0.1, -0.05) is 0 Å². The van der Waals surface area contributed by atoms with Crippen molar-refractivity contribution in [2.24, 2.45) is 0 Å². The average molecular weight is 284 g/mol. The van der Waals surface area contributed by atoms with Gasteiger partial charge in [0, 0.05) is 25.3 Å². The van der Waals surface area contributed by atoms with E-state index in [9.17, 15) is 0 Å². The molecule has 0 aliphatic carbocycles. The highest BCUT2D eigenvalue weighted by molar-refractivity contribution is 9.10. The van der Waals surface area contributed by atoms with E-state index in [0.29, 0.717) is 0 Å². The topological polar surface area (TPSA) is 19.4 Å². The van der Waals surface area contributed by atoms with Gasteiger partial charge in [-0.25, -0.2) is 4.98 Å². The van der Waals surface area contributed by atoms with Gasteiger partial charge in [0.15, 0.2) is 0 Å². The summed E-state index contributed by atoms with van der Waals surface area (Å²) in [5, 5.41) is 0. The van der Waals surface area contributed by atoms with E-state index in [1.54, 1.807) is 0 Å². The van der Waals surface area contributed by atoms with Gasteiger partial charge in [-0.15, -0.1) is 0 Å². The number of nitrogens with zero attached hydrogens (tertiary/aromatic N) is 3. The Morgan fingerprint density at radius 1 is 1.38 bits per heavy atom. The van der Waals surface area contributed by atoms with E-state index in [2.05, 4.69) is 50.9 Å². The molecule has 1 saturated heterocycles. The maximum atomic E-state index is 4.44. The lowest BCUT2D eigenvalue weighted by atomic mass is 10.0. The molecule has 1 aromatic heterocycles. The molecule has 0 bridgehead atoms. The van der Waals surface area contributed by atoms with Crippen LogP contribution in [0.2, 0.25) is 0 Å². The predicted molar refractivity (Wildman–Crippen MR) is 70.9 cm³/mol. The Bertz CT molecular complexity index is 346. The molecule has 0 N–H and O–H groups in total. The molecule has 1 aliphatic heterocycles. The van der Waals surface area contributed by atoms with Gasteiger partial charge in [0.05, 0.1) is 4.47 Å². The van der Waals surface area contributed by atoms with Gasteiger partial charge < -0.3 is 9.80 Å². The van der Waals surface area contributed by atoms with Crippen molar-refractivity contribution in [1.29, 1.82) is 0 Å². The van der Waals surface area contributed by atoms with Gasteiger partial charge in [-0.05, 0) is 55.0 Å². The lowest BCUT2D eigenvalue weighted by molar-refractivity contribution is 0.249. The van der Waals surface area contributed by atoms with E-state index in [1.165, 1.54) is 12.8 Å². The molecule has 16 heavy (non-hydrogen) atoms. The lowest BCUT2D eigenvalue weighted by Crippen LogP contribution is -2.42. The second-order valence-corrected chi connectivity index (χ2v) is 5.35. The number of anilines is 1. The van der Waals surface area contributed by atoms with E-state index in [4.69, 9.17) is 0 Å². The molecule has 0 atom stereocenters. The highest BCUT2D eigenvalue weighted by Crippen LogP contribution is 2.26. The molecule has 1 aromatic rings. The minimum atomic E-state index is 0.721. The van der Waals surface area contributed by atoms with Crippen molar-refractivity contribution in [3.63, 3.8) is 0 Å². The average Bonchev–Trinajstić information content (AvgIpc) is 2.30. The second kappa shape index (κ2) is 5.15.